The molecule has 0 heterocycles. The Hall–Kier alpha value is -2.83. The summed E-state index contributed by atoms with van der Waals surface area (Å²) in [6.45, 7) is 1.90. The molecule has 0 aromatic heterocycles. The molecule has 0 saturated heterocycles. The second kappa shape index (κ2) is 6.23. The number of nitrogens with one attached hydrogen (secondary N) is 2. The fourth-order valence-electron chi connectivity index (χ4n) is 2.43. The average molecular weight is 348 g/mol. The van der Waals surface area contributed by atoms with Crippen molar-refractivity contribution < 1.29 is 22.8 Å². The number of carbonyl (C=O) groups is 2. The standard InChI is InChI=1S/C18H15F3N2O2/c1-10-2-4-11(5-3-10)22-16(24)18(8-9-18)17(25)23-13-7-6-12(19)14(20)15(13)21/h2-7H,8-9H2,1H3,(H,22,24)(H,23,25). The minimum absolute atomic E-state index is 0.293. The van der Waals surface area contributed by atoms with E-state index in [1.54, 1.807) is 12.1 Å². The first kappa shape index (κ1) is 17.0. The lowest BCUT2D eigenvalue weighted by atomic mass is 10.0. The highest BCUT2D eigenvalue weighted by Crippen LogP contribution is 2.47. The average Bonchev–Trinajstić information content (AvgIpc) is 3.39. The molecule has 0 aliphatic heterocycles. The van der Waals surface area contributed by atoms with E-state index in [-0.39, 0.29) is 0 Å². The Bertz CT molecular complexity index is 846. The van der Waals surface area contributed by atoms with Gasteiger partial charge in [0.15, 0.2) is 17.5 Å². The third-order valence-electron chi connectivity index (χ3n) is 4.21. The highest BCUT2D eigenvalue weighted by atomic mass is 19.2. The maximum atomic E-state index is 13.7. The minimum atomic E-state index is -1.67. The van der Waals surface area contributed by atoms with Gasteiger partial charge in [-0.05, 0) is 44.0 Å². The topological polar surface area (TPSA) is 58.2 Å². The molecule has 1 aliphatic carbocycles. The van der Waals surface area contributed by atoms with Gasteiger partial charge in [0, 0.05) is 5.69 Å². The largest absolute Gasteiger partial charge is 0.325 e. The molecule has 0 spiro atoms. The van der Waals surface area contributed by atoms with Crippen LogP contribution in [0.15, 0.2) is 36.4 Å². The van der Waals surface area contributed by atoms with Gasteiger partial charge in [-0.1, -0.05) is 17.7 Å². The van der Waals surface area contributed by atoms with Crippen LogP contribution in [0.3, 0.4) is 0 Å². The molecule has 2 aromatic carbocycles. The van der Waals surface area contributed by atoms with Crippen molar-refractivity contribution >= 4 is 23.2 Å². The normalized spacial score (nSPS) is 14.7. The number of amides is 2. The highest BCUT2D eigenvalue weighted by Gasteiger charge is 2.56. The van der Waals surface area contributed by atoms with Crippen molar-refractivity contribution in [2.75, 3.05) is 10.6 Å². The first-order chi connectivity index (χ1) is 11.8. The van der Waals surface area contributed by atoms with Crippen molar-refractivity contribution in [3.8, 4) is 0 Å². The van der Waals surface area contributed by atoms with Gasteiger partial charge >= 0.3 is 0 Å². The van der Waals surface area contributed by atoms with E-state index >= 15 is 0 Å². The van der Waals surface area contributed by atoms with Crippen molar-refractivity contribution in [2.45, 2.75) is 19.8 Å². The molecule has 0 bridgehead atoms. The molecule has 3 rings (SSSR count). The lowest BCUT2D eigenvalue weighted by molar-refractivity contribution is -0.131. The molecular weight excluding hydrogens is 333 g/mol. The van der Waals surface area contributed by atoms with E-state index in [1.807, 2.05) is 19.1 Å². The van der Waals surface area contributed by atoms with Gasteiger partial charge in [-0.3, -0.25) is 9.59 Å². The van der Waals surface area contributed by atoms with Crippen LogP contribution in [0, 0.1) is 29.8 Å². The highest BCUT2D eigenvalue weighted by molar-refractivity contribution is 6.16. The molecule has 0 atom stereocenters. The van der Waals surface area contributed by atoms with Crippen LogP contribution in [-0.2, 0) is 9.59 Å². The molecule has 1 fully saturated rings. The van der Waals surface area contributed by atoms with Crippen LogP contribution in [0.1, 0.15) is 18.4 Å². The molecule has 130 valence electrons. The number of anilines is 2. The Morgan fingerprint density at radius 3 is 2.08 bits per heavy atom. The molecule has 1 saturated carbocycles. The molecule has 1 aliphatic rings. The zero-order valence-electron chi connectivity index (χ0n) is 13.3. The summed E-state index contributed by atoms with van der Waals surface area (Å²) >= 11 is 0. The number of benzene rings is 2. The monoisotopic (exact) mass is 348 g/mol. The lowest BCUT2D eigenvalue weighted by Crippen LogP contribution is -2.36. The van der Waals surface area contributed by atoms with Crippen molar-refractivity contribution in [3.05, 3.63) is 59.4 Å². The van der Waals surface area contributed by atoms with Crippen molar-refractivity contribution in [3.63, 3.8) is 0 Å². The Morgan fingerprint density at radius 1 is 0.880 bits per heavy atom. The van der Waals surface area contributed by atoms with Crippen LogP contribution in [-0.4, -0.2) is 11.8 Å². The van der Waals surface area contributed by atoms with E-state index in [1.165, 1.54) is 0 Å². The minimum Gasteiger partial charge on any atom is -0.325 e. The zero-order valence-corrected chi connectivity index (χ0v) is 13.3. The van der Waals surface area contributed by atoms with Gasteiger partial charge in [0.05, 0.1) is 5.69 Å². The van der Waals surface area contributed by atoms with Crippen LogP contribution < -0.4 is 10.6 Å². The van der Waals surface area contributed by atoms with E-state index in [0.29, 0.717) is 24.6 Å². The van der Waals surface area contributed by atoms with E-state index < -0.39 is 40.4 Å². The van der Waals surface area contributed by atoms with Gasteiger partial charge in [0.25, 0.3) is 0 Å². The number of halogens is 3. The molecule has 2 N–H and O–H groups in total. The molecule has 7 heteroatoms. The van der Waals surface area contributed by atoms with Crippen molar-refractivity contribution in [1.82, 2.24) is 0 Å². The predicted molar refractivity (Wildman–Crippen MR) is 86.4 cm³/mol. The first-order valence-corrected chi connectivity index (χ1v) is 7.66. The quantitative estimate of drug-likeness (QED) is 0.653. The van der Waals surface area contributed by atoms with Crippen LogP contribution in [0.5, 0.6) is 0 Å². The number of aryl methyl sites for hydroxylation is 1. The third kappa shape index (κ3) is 3.22. The smallest absolute Gasteiger partial charge is 0.240 e. The number of hydrogen-bond acceptors (Lipinski definition) is 2. The predicted octanol–water partition coefficient (Wildman–Crippen LogP) is 3.77. The van der Waals surface area contributed by atoms with Crippen LogP contribution in [0.2, 0.25) is 0 Å². The number of rotatable bonds is 4. The summed E-state index contributed by atoms with van der Waals surface area (Å²) in [5, 5.41) is 4.82. The van der Waals surface area contributed by atoms with Crippen LogP contribution in [0.4, 0.5) is 24.5 Å². The van der Waals surface area contributed by atoms with E-state index in [4.69, 9.17) is 0 Å². The van der Waals surface area contributed by atoms with Crippen LogP contribution >= 0.6 is 0 Å². The fourth-order valence-corrected chi connectivity index (χ4v) is 2.43. The summed E-state index contributed by atoms with van der Waals surface area (Å²) in [5.41, 5.74) is -0.278. The molecule has 2 amide bonds. The molecule has 25 heavy (non-hydrogen) atoms. The van der Waals surface area contributed by atoms with E-state index in [2.05, 4.69) is 10.6 Å². The summed E-state index contributed by atoms with van der Waals surface area (Å²) < 4.78 is 39.9. The van der Waals surface area contributed by atoms with Gasteiger partial charge < -0.3 is 10.6 Å². The van der Waals surface area contributed by atoms with Crippen molar-refractivity contribution in [1.29, 1.82) is 0 Å². The molecule has 4 nitrogen and oxygen atoms in total. The third-order valence-corrected chi connectivity index (χ3v) is 4.21. The summed E-state index contributed by atoms with van der Waals surface area (Å²) in [5.74, 6) is -5.79. The number of carbonyl (C=O) groups excluding carboxylic acids is 2. The molecule has 0 radical (unpaired) electrons. The Labute approximate surface area is 142 Å². The van der Waals surface area contributed by atoms with Gasteiger partial charge in [-0.15, -0.1) is 0 Å². The van der Waals surface area contributed by atoms with Crippen molar-refractivity contribution in [2.24, 2.45) is 5.41 Å². The maximum Gasteiger partial charge on any atom is 0.240 e. The Morgan fingerprint density at radius 2 is 1.48 bits per heavy atom. The zero-order chi connectivity index (χ0) is 18.2. The lowest BCUT2D eigenvalue weighted by Gasteiger charge is -2.16. The van der Waals surface area contributed by atoms with Crippen LogP contribution in [0.25, 0.3) is 0 Å². The Balaban J connectivity index is 1.74. The first-order valence-electron chi connectivity index (χ1n) is 7.66. The SMILES string of the molecule is Cc1ccc(NC(=O)C2(C(=O)Nc3ccc(F)c(F)c3F)CC2)cc1. The molecule has 2 aromatic rings. The summed E-state index contributed by atoms with van der Waals surface area (Å²) in [6, 6.07) is 8.66. The van der Waals surface area contributed by atoms with E-state index in [9.17, 15) is 22.8 Å². The van der Waals surface area contributed by atoms with Gasteiger partial charge in [-0.25, -0.2) is 13.2 Å². The fraction of sp³-hybridized carbons (Fsp3) is 0.222. The Kier molecular flexibility index (Phi) is 4.24. The summed E-state index contributed by atoms with van der Waals surface area (Å²) in [6.07, 6.45) is 0.587. The molecular formula is C18H15F3N2O2. The molecule has 0 unspecified atom stereocenters. The van der Waals surface area contributed by atoms with Gasteiger partial charge in [0.1, 0.15) is 5.41 Å². The van der Waals surface area contributed by atoms with Gasteiger partial charge in [-0.2, -0.15) is 0 Å². The summed E-state index contributed by atoms with van der Waals surface area (Å²) in [7, 11) is 0. The maximum absolute atomic E-state index is 13.7. The van der Waals surface area contributed by atoms with E-state index in [0.717, 1.165) is 11.6 Å². The van der Waals surface area contributed by atoms with Gasteiger partial charge in [0.2, 0.25) is 11.8 Å². The second-order valence-electron chi connectivity index (χ2n) is 6.08. The second-order valence-corrected chi connectivity index (χ2v) is 6.08. The number of hydrogen-bond donors (Lipinski definition) is 2. The summed E-state index contributed by atoms with van der Waals surface area (Å²) in [4.78, 5) is 24.8.